The van der Waals surface area contributed by atoms with E-state index in [1.165, 1.54) is 11.1 Å². The van der Waals surface area contributed by atoms with Gasteiger partial charge in [0.25, 0.3) is 0 Å². The van der Waals surface area contributed by atoms with Crippen molar-refractivity contribution in [1.82, 2.24) is 19.9 Å². The second kappa shape index (κ2) is 11.9. The molecule has 0 unspecified atom stereocenters. The van der Waals surface area contributed by atoms with Crippen molar-refractivity contribution in [2.24, 2.45) is 0 Å². The molecule has 0 saturated heterocycles. The van der Waals surface area contributed by atoms with Gasteiger partial charge in [-0.2, -0.15) is 0 Å². The molecule has 260 valence electrons. The Bertz CT molecular complexity index is 3120. The molecule has 3 aromatic heterocycles. The molecule has 1 aliphatic carbocycles. The topological polar surface area (TPSA) is 77.8 Å². The molecule has 0 spiro atoms. The largest absolute Gasteiger partial charge is 0.455 e. The third-order valence-corrected chi connectivity index (χ3v) is 11.0. The van der Waals surface area contributed by atoms with Gasteiger partial charge in [0.2, 0.25) is 5.89 Å². The van der Waals surface area contributed by atoms with Crippen molar-refractivity contribution in [2.45, 2.75) is 19.3 Å². The highest BCUT2D eigenvalue weighted by Crippen LogP contribution is 2.52. The molecular formula is C49H32N4O2. The molecule has 11 rings (SSSR count). The number of aromatic nitrogens is 4. The second-order valence-corrected chi connectivity index (χ2v) is 14.6. The molecule has 0 N–H and O–H groups in total. The molecule has 55 heavy (non-hydrogen) atoms. The van der Waals surface area contributed by atoms with E-state index in [9.17, 15) is 0 Å². The van der Waals surface area contributed by atoms with Crippen LogP contribution >= 0.6 is 0 Å². The van der Waals surface area contributed by atoms with Crippen LogP contribution in [-0.4, -0.2) is 19.9 Å². The standard InChI is InChI=1S/C49H32N4O2/c1-49(2)39-28-33(23-24-34(39)36-25-26-40-44(42(36)49)55-48(50-40)30-15-7-4-8-16-30)46-51-45(32-18-11-17-31(27-32)29-13-5-3-6-14-29)52-47(53-46)38-21-12-20-37-35-19-9-10-22-41(35)54-43(37)38/h3-28H,1-2H3. The molecular weight excluding hydrogens is 677 g/mol. The summed E-state index contributed by atoms with van der Waals surface area (Å²) in [5.41, 5.74) is 13.3. The zero-order valence-corrected chi connectivity index (χ0v) is 30.1. The van der Waals surface area contributed by atoms with Gasteiger partial charge in [-0.05, 0) is 70.3 Å². The zero-order valence-electron chi connectivity index (χ0n) is 30.1. The average Bonchev–Trinajstić information content (AvgIpc) is 3.91. The van der Waals surface area contributed by atoms with Gasteiger partial charge in [-0.15, -0.1) is 0 Å². The van der Waals surface area contributed by atoms with E-state index in [1.807, 2.05) is 66.7 Å². The van der Waals surface area contributed by atoms with E-state index in [0.29, 0.717) is 23.4 Å². The van der Waals surface area contributed by atoms with Gasteiger partial charge in [-0.3, -0.25) is 0 Å². The summed E-state index contributed by atoms with van der Waals surface area (Å²) in [7, 11) is 0. The van der Waals surface area contributed by atoms with Gasteiger partial charge in [0.1, 0.15) is 16.7 Å². The molecule has 0 atom stereocenters. The van der Waals surface area contributed by atoms with E-state index >= 15 is 0 Å². The van der Waals surface area contributed by atoms with Gasteiger partial charge in [-0.25, -0.2) is 19.9 Å². The van der Waals surface area contributed by atoms with Crippen LogP contribution in [0, 0.1) is 0 Å². The van der Waals surface area contributed by atoms with E-state index < -0.39 is 0 Å². The van der Waals surface area contributed by atoms with Gasteiger partial charge < -0.3 is 8.83 Å². The zero-order chi connectivity index (χ0) is 36.7. The van der Waals surface area contributed by atoms with Crippen LogP contribution in [0.1, 0.15) is 25.0 Å². The molecule has 6 heteroatoms. The molecule has 10 aromatic rings. The molecule has 3 heterocycles. The number of nitrogens with zero attached hydrogens (tertiary/aromatic N) is 4. The Morgan fingerprint density at radius 1 is 0.418 bits per heavy atom. The molecule has 0 radical (unpaired) electrons. The number of hydrogen-bond donors (Lipinski definition) is 0. The van der Waals surface area contributed by atoms with E-state index in [-0.39, 0.29) is 5.41 Å². The molecule has 6 nitrogen and oxygen atoms in total. The Balaban J connectivity index is 1.08. The minimum atomic E-state index is -0.379. The fraction of sp³-hybridized carbons (Fsp3) is 0.0612. The first-order valence-corrected chi connectivity index (χ1v) is 18.5. The maximum atomic E-state index is 6.55. The Labute approximate surface area is 316 Å². The summed E-state index contributed by atoms with van der Waals surface area (Å²) >= 11 is 0. The number of fused-ring (bicyclic) bond motifs is 8. The third-order valence-electron chi connectivity index (χ3n) is 11.0. The Morgan fingerprint density at radius 3 is 1.87 bits per heavy atom. The lowest BCUT2D eigenvalue weighted by atomic mass is 9.81. The van der Waals surface area contributed by atoms with Crippen molar-refractivity contribution >= 4 is 33.0 Å². The van der Waals surface area contributed by atoms with Gasteiger partial charge in [0.05, 0.1) is 5.56 Å². The number of benzene rings is 7. The maximum absolute atomic E-state index is 6.55. The molecule has 0 aliphatic heterocycles. The molecule has 7 aromatic carbocycles. The van der Waals surface area contributed by atoms with Gasteiger partial charge >= 0.3 is 0 Å². The van der Waals surface area contributed by atoms with Gasteiger partial charge in [0.15, 0.2) is 23.1 Å². The van der Waals surface area contributed by atoms with E-state index in [1.54, 1.807) is 0 Å². The van der Waals surface area contributed by atoms with Crippen molar-refractivity contribution in [2.75, 3.05) is 0 Å². The normalized spacial score (nSPS) is 13.1. The van der Waals surface area contributed by atoms with Gasteiger partial charge in [-0.1, -0.05) is 129 Å². The van der Waals surface area contributed by atoms with E-state index in [4.69, 9.17) is 28.8 Å². The van der Waals surface area contributed by atoms with Crippen LogP contribution in [0.15, 0.2) is 167 Å². The van der Waals surface area contributed by atoms with Crippen LogP contribution < -0.4 is 0 Å². The fourth-order valence-electron chi connectivity index (χ4n) is 8.26. The smallest absolute Gasteiger partial charge is 0.227 e. The van der Waals surface area contributed by atoms with Crippen LogP contribution in [-0.2, 0) is 5.41 Å². The van der Waals surface area contributed by atoms with Crippen molar-refractivity contribution < 1.29 is 8.83 Å². The highest BCUT2D eigenvalue weighted by Gasteiger charge is 2.39. The highest BCUT2D eigenvalue weighted by atomic mass is 16.3. The summed E-state index contributed by atoms with van der Waals surface area (Å²) in [4.78, 5) is 20.4. The second-order valence-electron chi connectivity index (χ2n) is 14.6. The molecule has 0 fully saturated rings. The number of rotatable bonds is 5. The van der Waals surface area contributed by atoms with Crippen molar-refractivity contribution in [1.29, 1.82) is 0 Å². The maximum Gasteiger partial charge on any atom is 0.227 e. The van der Waals surface area contributed by atoms with Crippen molar-refractivity contribution in [3.63, 3.8) is 0 Å². The third kappa shape index (κ3) is 4.95. The Morgan fingerprint density at radius 2 is 1.05 bits per heavy atom. The van der Waals surface area contributed by atoms with Crippen LogP contribution in [0.4, 0.5) is 0 Å². The fourth-order valence-corrected chi connectivity index (χ4v) is 8.26. The summed E-state index contributed by atoms with van der Waals surface area (Å²) < 4.78 is 13.0. The minimum absolute atomic E-state index is 0.379. The highest BCUT2D eigenvalue weighted by molar-refractivity contribution is 6.09. The van der Waals surface area contributed by atoms with E-state index in [0.717, 1.165) is 77.5 Å². The van der Waals surface area contributed by atoms with Crippen molar-refractivity contribution in [3.05, 3.63) is 169 Å². The summed E-state index contributed by atoms with van der Waals surface area (Å²) in [6.45, 7) is 4.51. The lowest BCUT2D eigenvalue weighted by Crippen LogP contribution is -2.15. The quantitative estimate of drug-likeness (QED) is 0.177. The Hall–Kier alpha value is -7.18. The Kier molecular flexibility index (Phi) is 6.79. The van der Waals surface area contributed by atoms with Crippen LogP contribution in [0.2, 0.25) is 0 Å². The molecule has 0 saturated carbocycles. The van der Waals surface area contributed by atoms with Crippen LogP contribution in [0.3, 0.4) is 0 Å². The number of hydrogen-bond acceptors (Lipinski definition) is 6. The molecule has 1 aliphatic rings. The predicted octanol–water partition coefficient (Wildman–Crippen LogP) is 12.6. The van der Waals surface area contributed by atoms with Gasteiger partial charge in [0, 0.05) is 38.4 Å². The SMILES string of the molecule is CC1(C)c2cc(-c3nc(-c4cccc(-c5ccccc5)c4)nc(-c4cccc5c4oc4ccccc45)n3)ccc2-c2ccc3nc(-c4ccccc4)oc3c21. The van der Waals surface area contributed by atoms with Crippen LogP contribution in [0.5, 0.6) is 0 Å². The lowest BCUT2D eigenvalue weighted by molar-refractivity contribution is 0.593. The summed E-state index contributed by atoms with van der Waals surface area (Å²) in [5, 5.41) is 2.08. The minimum Gasteiger partial charge on any atom is -0.455 e. The molecule has 0 amide bonds. The van der Waals surface area contributed by atoms with Crippen LogP contribution in [0.25, 0.3) is 101 Å². The summed E-state index contributed by atoms with van der Waals surface area (Å²) in [6.07, 6.45) is 0. The monoisotopic (exact) mass is 708 g/mol. The first-order chi connectivity index (χ1) is 27.0. The predicted molar refractivity (Wildman–Crippen MR) is 219 cm³/mol. The number of para-hydroxylation sites is 2. The van der Waals surface area contributed by atoms with E-state index in [2.05, 4.69) is 105 Å². The lowest BCUT2D eigenvalue weighted by Gasteiger charge is -2.21. The average molecular weight is 709 g/mol. The molecule has 0 bridgehead atoms. The first-order valence-electron chi connectivity index (χ1n) is 18.5. The number of furan rings is 1. The summed E-state index contributed by atoms with van der Waals surface area (Å²) in [5.74, 6) is 2.35. The summed E-state index contributed by atoms with van der Waals surface area (Å²) in [6, 6.07) is 53.9. The number of oxazole rings is 1. The first kappa shape index (κ1) is 31.4. The van der Waals surface area contributed by atoms with Crippen molar-refractivity contribution in [3.8, 4) is 67.9 Å².